The molecule has 27 heavy (non-hydrogen) atoms. The van der Waals surface area contributed by atoms with Crippen LogP contribution in [0, 0.1) is 0 Å². The first-order chi connectivity index (χ1) is 13.0. The van der Waals surface area contributed by atoms with Crippen LogP contribution in [0.1, 0.15) is 0 Å². The Hall–Kier alpha value is -2.32. The van der Waals surface area contributed by atoms with Crippen molar-refractivity contribution in [3.63, 3.8) is 0 Å². The van der Waals surface area contributed by atoms with Crippen molar-refractivity contribution in [2.75, 3.05) is 10.6 Å². The predicted molar refractivity (Wildman–Crippen MR) is 107 cm³/mol. The molecule has 0 bridgehead atoms. The van der Waals surface area contributed by atoms with Crippen molar-refractivity contribution >= 4 is 80.7 Å². The molecular weight excluding hydrogens is 434 g/mol. The van der Waals surface area contributed by atoms with E-state index in [1.807, 2.05) is 0 Å². The fourth-order valence-electron chi connectivity index (χ4n) is 2.25. The molecule has 4 rings (SSSR count). The Morgan fingerprint density at radius 2 is 1.11 bits per heavy atom. The van der Waals surface area contributed by atoms with Gasteiger partial charge in [0.25, 0.3) is 0 Å². The van der Waals surface area contributed by atoms with Gasteiger partial charge in [0.2, 0.25) is 11.3 Å². The lowest BCUT2D eigenvalue weighted by Crippen LogP contribution is -2.04. The molecule has 2 heterocycles. The van der Waals surface area contributed by atoms with Crippen LogP contribution in [-0.4, -0.2) is 20.3 Å². The van der Waals surface area contributed by atoms with Crippen LogP contribution in [0.4, 0.5) is 23.0 Å². The van der Waals surface area contributed by atoms with Gasteiger partial charge in [-0.05, 0) is 46.7 Å². The largest absolute Gasteiger partial charge is 0.336 e. The second-order valence-electron chi connectivity index (χ2n) is 5.33. The van der Waals surface area contributed by atoms with Gasteiger partial charge in [-0.3, -0.25) is 0 Å². The summed E-state index contributed by atoms with van der Waals surface area (Å²) < 4.78 is 4.69. The molecule has 0 fully saturated rings. The number of benzene rings is 2. The van der Waals surface area contributed by atoms with Gasteiger partial charge in [0, 0.05) is 10.0 Å². The molecule has 0 amide bonds. The van der Waals surface area contributed by atoms with Crippen molar-refractivity contribution in [1.29, 1.82) is 0 Å². The molecular formula is C16H8Cl4N6O. The summed E-state index contributed by atoms with van der Waals surface area (Å²) in [5, 5.41) is 15.5. The number of rotatable bonds is 4. The van der Waals surface area contributed by atoms with Gasteiger partial charge < -0.3 is 10.6 Å². The minimum absolute atomic E-state index is 0.221. The van der Waals surface area contributed by atoms with E-state index >= 15 is 0 Å². The molecule has 0 saturated carbocycles. The van der Waals surface area contributed by atoms with Crippen LogP contribution in [0.15, 0.2) is 41.0 Å². The minimum Gasteiger partial charge on any atom is -0.336 e. The maximum atomic E-state index is 6.23. The maximum Gasteiger partial charge on any atom is 0.245 e. The highest BCUT2D eigenvalue weighted by Gasteiger charge is 2.16. The van der Waals surface area contributed by atoms with Gasteiger partial charge in [-0.25, -0.2) is 14.6 Å². The van der Waals surface area contributed by atoms with E-state index in [4.69, 9.17) is 46.4 Å². The van der Waals surface area contributed by atoms with Gasteiger partial charge in [0.05, 0.1) is 21.4 Å². The van der Waals surface area contributed by atoms with Crippen LogP contribution in [0.25, 0.3) is 11.3 Å². The highest BCUT2D eigenvalue weighted by atomic mass is 35.5. The van der Waals surface area contributed by atoms with Crippen molar-refractivity contribution in [2.45, 2.75) is 0 Å². The fraction of sp³-hybridized carbons (Fsp3) is 0. The van der Waals surface area contributed by atoms with Crippen LogP contribution in [0.3, 0.4) is 0 Å². The van der Waals surface area contributed by atoms with Crippen molar-refractivity contribution < 1.29 is 4.63 Å². The molecule has 0 aliphatic heterocycles. The predicted octanol–water partition coefficient (Wildman–Crippen LogP) is 6.11. The van der Waals surface area contributed by atoms with E-state index in [0.717, 1.165) is 0 Å². The van der Waals surface area contributed by atoms with Crippen molar-refractivity contribution in [3.8, 4) is 0 Å². The number of nitrogens with zero attached hydrogens (tertiary/aromatic N) is 4. The Bertz CT molecular complexity index is 1060. The number of halogens is 4. The summed E-state index contributed by atoms with van der Waals surface area (Å²) in [6.45, 7) is 0. The summed E-state index contributed by atoms with van der Waals surface area (Å²) in [6.07, 6.45) is 0. The molecule has 0 aliphatic rings. The minimum atomic E-state index is 0.221. The monoisotopic (exact) mass is 440 g/mol. The Kier molecular flexibility index (Phi) is 4.92. The number of fused-ring (bicyclic) bond motifs is 1. The second kappa shape index (κ2) is 7.36. The summed E-state index contributed by atoms with van der Waals surface area (Å²) in [4.78, 5) is 8.74. The zero-order chi connectivity index (χ0) is 19.0. The third-order valence-corrected chi connectivity index (χ3v) is 4.61. The van der Waals surface area contributed by atoms with Crippen molar-refractivity contribution in [2.24, 2.45) is 0 Å². The molecule has 0 radical (unpaired) electrons. The first kappa shape index (κ1) is 18.1. The van der Waals surface area contributed by atoms with Crippen LogP contribution >= 0.6 is 46.4 Å². The zero-order valence-corrected chi connectivity index (χ0v) is 16.2. The highest BCUT2D eigenvalue weighted by molar-refractivity contribution is 6.36. The van der Waals surface area contributed by atoms with Gasteiger partial charge >= 0.3 is 0 Å². The molecule has 7 nitrogen and oxygen atoms in total. The Balaban J connectivity index is 1.80. The molecule has 0 aliphatic carbocycles. The number of hydrogen-bond acceptors (Lipinski definition) is 7. The maximum absolute atomic E-state index is 6.23. The number of anilines is 4. The highest BCUT2D eigenvalue weighted by Crippen LogP contribution is 2.34. The van der Waals surface area contributed by atoms with Crippen LogP contribution in [0.5, 0.6) is 0 Å². The summed E-state index contributed by atoms with van der Waals surface area (Å²) in [6, 6.07) is 10.0. The lowest BCUT2D eigenvalue weighted by molar-refractivity contribution is 0.314. The molecule has 4 aromatic rings. The average molecular weight is 442 g/mol. The molecule has 11 heteroatoms. The first-order valence-electron chi connectivity index (χ1n) is 7.44. The van der Waals surface area contributed by atoms with Gasteiger partial charge in [-0.2, -0.15) is 0 Å². The van der Waals surface area contributed by atoms with Crippen LogP contribution in [0.2, 0.25) is 20.1 Å². The summed E-state index contributed by atoms with van der Waals surface area (Å²) in [5.41, 5.74) is 1.51. The van der Waals surface area contributed by atoms with E-state index in [-0.39, 0.29) is 11.3 Å². The molecule has 2 aromatic heterocycles. The van der Waals surface area contributed by atoms with Gasteiger partial charge in [-0.15, -0.1) is 0 Å². The second-order valence-corrected chi connectivity index (χ2v) is 7.02. The Morgan fingerprint density at radius 3 is 1.56 bits per heavy atom. The third-order valence-electron chi connectivity index (χ3n) is 3.48. The quantitative estimate of drug-likeness (QED) is 0.394. The first-order valence-corrected chi connectivity index (χ1v) is 8.95. The topological polar surface area (TPSA) is 88.8 Å². The molecule has 2 N–H and O–H groups in total. The molecule has 0 unspecified atom stereocenters. The zero-order valence-electron chi connectivity index (χ0n) is 13.2. The smallest absolute Gasteiger partial charge is 0.245 e. The normalized spacial score (nSPS) is 11.0. The molecule has 2 aromatic carbocycles. The summed E-state index contributed by atoms with van der Waals surface area (Å²) in [7, 11) is 0. The Morgan fingerprint density at radius 1 is 0.667 bits per heavy atom. The SMILES string of the molecule is Clc1ccc(Cl)c(Nc2nc3nonc3nc2Nc2cc(Cl)ccc2Cl)c1. The number of hydrogen-bond donors (Lipinski definition) is 2. The summed E-state index contributed by atoms with van der Waals surface area (Å²) >= 11 is 24.6. The average Bonchev–Trinajstić information content (AvgIpc) is 3.08. The van der Waals surface area contributed by atoms with Crippen LogP contribution < -0.4 is 10.6 Å². The van der Waals surface area contributed by atoms with Crippen molar-refractivity contribution in [1.82, 2.24) is 20.3 Å². The number of nitrogens with one attached hydrogen (secondary N) is 2. The lowest BCUT2D eigenvalue weighted by Gasteiger charge is -2.14. The van der Waals surface area contributed by atoms with Gasteiger partial charge in [0.1, 0.15) is 0 Å². The van der Waals surface area contributed by atoms with Crippen molar-refractivity contribution in [3.05, 3.63) is 56.5 Å². The standard InChI is InChI=1S/C16H8Cl4N6O/c17-7-1-3-9(19)11(5-7)21-13-14(24-16-15(23-13)25-27-26-16)22-12-6-8(18)2-4-10(12)20/h1-6H,(H,21,23,25)(H,22,24,26). The van der Waals surface area contributed by atoms with Gasteiger partial charge in [0.15, 0.2) is 11.6 Å². The van der Waals surface area contributed by atoms with E-state index < -0.39 is 0 Å². The molecule has 0 atom stereocenters. The molecule has 136 valence electrons. The third kappa shape index (κ3) is 3.86. The van der Waals surface area contributed by atoms with E-state index in [0.29, 0.717) is 43.1 Å². The summed E-state index contributed by atoms with van der Waals surface area (Å²) in [5.74, 6) is 0.636. The molecule has 0 saturated heterocycles. The lowest BCUT2D eigenvalue weighted by atomic mass is 10.3. The van der Waals surface area contributed by atoms with E-state index in [2.05, 4.69) is 35.5 Å². The van der Waals surface area contributed by atoms with E-state index in [9.17, 15) is 0 Å². The van der Waals surface area contributed by atoms with Gasteiger partial charge in [-0.1, -0.05) is 46.4 Å². The Labute approximate surface area is 172 Å². The van der Waals surface area contributed by atoms with E-state index in [1.54, 1.807) is 36.4 Å². The number of aromatic nitrogens is 4. The van der Waals surface area contributed by atoms with Crippen LogP contribution in [-0.2, 0) is 0 Å². The molecule has 0 spiro atoms. The van der Waals surface area contributed by atoms with E-state index in [1.165, 1.54) is 0 Å². The fourth-order valence-corrected chi connectivity index (χ4v) is 2.93.